The first kappa shape index (κ1) is 19.7. The maximum absolute atomic E-state index is 13.5. The minimum absolute atomic E-state index is 0.0716. The Morgan fingerprint density at radius 3 is 2.38 bits per heavy atom. The lowest BCUT2D eigenvalue weighted by atomic mass is 9.85. The molecule has 4 amide bonds. The molecule has 3 aliphatic heterocycles. The molecule has 1 spiro atoms. The molecule has 0 radical (unpaired) electrons. The van der Waals surface area contributed by atoms with E-state index in [9.17, 15) is 14.4 Å². The minimum Gasteiger partial charge on any atom is -0.340 e. The Hall–Kier alpha value is -2.57. The number of rotatable bonds is 5. The van der Waals surface area contributed by atoms with Crippen LogP contribution in [-0.4, -0.2) is 89.3 Å². The normalized spacial score (nSPS) is 24.9. The van der Waals surface area contributed by atoms with Crippen molar-refractivity contribution in [3.05, 3.63) is 35.9 Å². The molecule has 4 rings (SSSR count). The molecule has 0 aromatic heterocycles. The number of hydrogen-bond donors (Lipinski definition) is 0. The number of hydrogen-bond acceptors (Lipinski definition) is 3. The van der Waals surface area contributed by atoms with E-state index in [0.29, 0.717) is 26.2 Å². The van der Waals surface area contributed by atoms with E-state index in [1.54, 1.807) is 21.7 Å². The number of piperidine rings is 1. The predicted octanol–water partition coefficient (Wildman–Crippen LogP) is 1.58. The third kappa shape index (κ3) is 3.70. The van der Waals surface area contributed by atoms with Crippen molar-refractivity contribution in [3.63, 3.8) is 0 Å². The van der Waals surface area contributed by atoms with Gasteiger partial charge in [0, 0.05) is 39.8 Å². The fourth-order valence-electron chi connectivity index (χ4n) is 5.01. The van der Waals surface area contributed by atoms with Crippen LogP contribution in [0, 0.1) is 0 Å². The third-order valence-electron chi connectivity index (χ3n) is 6.64. The molecule has 0 saturated carbocycles. The number of nitrogens with zero attached hydrogens (tertiary/aromatic N) is 4. The zero-order valence-electron chi connectivity index (χ0n) is 17.2. The topological polar surface area (TPSA) is 64.2 Å². The van der Waals surface area contributed by atoms with E-state index < -0.39 is 5.54 Å². The summed E-state index contributed by atoms with van der Waals surface area (Å²) in [5.74, 6) is -0.000179. The van der Waals surface area contributed by atoms with Crippen LogP contribution in [0.4, 0.5) is 4.79 Å². The van der Waals surface area contributed by atoms with Gasteiger partial charge in [0.1, 0.15) is 12.1 Å². The number of urea groups is 1. The SMILES string of the molecule is CN1CCN(CC(=O)N2CCCC23CCCN(CCc2ccccc2)C3=O)C1=O. The van der Waals surface area contributed by atoms with Crippen LogP contribution in [0.2, 0.25) is 0 Å². The Morgan fingerprint density at radius 1 is 0.966 bits per heavy atom. The fourth-order valence-corrected chi connectivity index (χ4v) is 5.01. The molecule has 3 saturated heterocycles. The van der Waals surface area contributed by atoms with E-state index in [0.717, 1.165) is 38.6 Å². The standard InChI is InChI=1S/C22H30N4O3/c1-23-15-16-25(21(23)29)17-19(27)26-13-6-11-22(26)10-5-12-24(20(22)28)14-9-18-7-3-2-4-8-18/h2-4,7-8H,5-6,9-17H2,1H3. The first-order valence-electron chi connectivity index (χ1n) is 10.6. The third-order valence-corrected chi connectivity index (χ3v) is 6.64. The summed E-state index contributed by atoms with van der Waals surface area (Å²) in [5.41, 5.74) is 0.511. The molecule has 7 heteroatoms. The molecule has 3 heterocycles. The summed E-state index contributed by atoms with van der Waals surface area (Å²) in [6.45, 7) is 3.33. The van der Waals surface area contributed by atoms with Gasteiger partial charge in [-0.05, 0) is 37.7 Å². The molecule has 0 bridgehead atoms. The van der Waals surface area contributed by atoms with Gasteiger partial charge in [0.15, 0.2) is 0 Å². The minimum atomic E-state index is -0.708. The summed E-state index contributed by atoms with van der Waals surface area (Å²) in [6, 6.07) is 10.1. The highest BCUT2D eigenvalue weighted by atomic mass is 16.2. The number of carbonyl (C=O) groups excluding carboxylic acids is 3. The quantitative estimate of drug-likeness (QED) is 0.757. The van der Waals surface area contributed by atoms with E-state index in [2.05, 4.69) is 12.1 Å². The van der Waals surface area contributed by atoms with Gasteiger partial charge in [-0.2, -0.15) is 0 Å². The smallest absolute Gasteiger partial charge is 0.320 e. The summed E-state index contributed by atoms with van der Waals surface area (Å²) < 4.78 is 0. The summed E-state index contributed by atoms with van der Waals surface area (Å²) >= 11 is 0. The van der Waals surface area contributed by atoms with Gasteiger partial charge >= 0.3 is 6.03 Å². The average molecular weight is 399 g/mol. The molecule has 1 unspecified atom stereocenters. The number of benzene rings is 1. The fraction of sp³-hybridized carbons (Fsp3) is 0.591. The highest BCUT2D eigenvalue weighted by molar-refractivity contribution is 5.94. The van der Waals surface area contributed by atoms with Crippen molar-refractivity contribution in [1.29, 1.82) is 0 Å². The molecule has 1 aromatic rings. The number of amides is 4. The molecule has 3 aliphatic rings. The van der Waals surface area contributed by atoms with E-state index in [-0.39, 0.29) is 24.4 Å². The first-order valence-corrected chi connectivity index (χ1v) is 10.6. The van der Waals surface area contributed by atoms with Gasteiger partial charge in [0.25, 0.3) is 0 Å². The zero-order valence-corrected chi connectivity index (χ0v) is 17.2. The van der Waals surface area contributed by atoms with Crippen LogP contribution in [0.15, 0.2) is 30.3 Å². The maximum atomic E-state index is 13.5. The van der Waals surface area contributed by atoms with Gasteiger partial charge < -0.3 is 19.6 Å². The monoisotopic (exact) mass is 398 g/mol. The van der Waals surface area contributed by atoms with E-state index >= 15 is 0 Å². The summed E-state index contributed by atoms with van der Waals surface area (Å²) in [5, 5.41) is 0. The second-order valence-electron chi connectivity index (χ2n) is 8.44. The molecule has 0 aliphatic carbocycles. The van der Waals surface area contributed by atoms with Crippen LogP contribution in [0.25, 0.3) is 0 Å². The van der Waals surface area contributed by atoms with Crippen molar-refractivity contribution in [2.24, 2.45) is 0 Å². The Morgan fingerprint density at radius 2 is 1.69 bits per heavy atom. The van der Waals surface area contributed by atoms with Crippen molar-refractivity contribution in [2.45, 2.75) is 37.6 Å². The lowest BCUT2D eigenvalue weighted by molar-refractivity contribution is -0.155. The maximum Gasteiger partial charge on any atom is 0.320 e. The van der Waals surface area contributed by atoms with Crippen LogP contribution in [0.5, 0.6) is 0 Å². The van der Waals surface area contributed by atoms with E-state index in [1.165, 1.54) is 5.56 Å². The summed E-state index contributed by atoms with van der Waals surface area (Å²) in [4.78, 5) is 45.7. The Kier molecular flexibility index (Phi) is 5.48. The lowest BCUT2D eigenvalue weighted by Crippen LogP contribution is -2.62. The van der Waals surface area contributed by atoms with Gasteiger partial charge in [0.2, 0.25) is 11.8 Å². The molecule has 0 N–H and O–H groups in total. The molecular formula is C22H30N4O3. The van der Waals surface area contributed by atoms with Crippen molar-refractivity contribution in [3.8, 4) is 0 Å². The van der Waals surface area contributed by atoms with Gasteiger partial charge in [-0.15, -0.1) is 0 Å². The first-order chi connectivity index (χ1) is 14.0. The summed E-state index contributed by atoms with van der Waals surface area (Å²) in [6.07, 6.45) is 4.04. The second-order valence-corrected chi connectivity index (χ2v) is 8.44. The Labute approximate surface area is 172 Å². The number of carbonyl (C=O) groups is 3. The van der Waals surface area contributed by atoms with Crippen LogP contribution < -0.4 is 0 Å². The molecule has 1 aromatic carbocycles. The Bertz CT molecular complexity index is 784. The van der Waals surface area contributed by atoms with Gasteiger partial charge in [-0.3, -0.25) is 9.59 Å². The van der Waals surface area contributed by atoms with Crippen molar-refractivity contribution < 1.29 is 14.4 Å². The zero-order chi connectivity index (χ0) is 20.4. The van der Waals surface area contributed by atoms with Crippen LogP contribution >= 0.6 is 0 Å². The van der Waals surface area contributed by atoms with Crippen molar-refractivity contribution in [1.82, 2.24) is 19.6 Å². The van der Waals surface area contributed by atoms with E-state index in [4.69, 9.17) is 0 Å². The van der Waals surface area contributed by atoms with Gasteiger partial charge in [-0.1, -0.05) is 30.3 Å². The molecule has 1 atom stereocenters. The van der Waals surface area contributed by atoms with Gasteiger partial charge in [0.05, 0.1) is 0 Å². The summed E-state index contributed by atoms with van der Waals surface area (Å²) in [7, 11) is 1.75. The molecule has 29 heavy (non-hydrogen) atoms. The molecule has 3 fully saturated rings. The van der Waals surface area contributed by atoms with E-state index in [1.807, 2.05) is 23.1 Å². The number of likely N-dealkylation sites (tertiary alicyclic amines) is 2. The lowest BCUT2D eigenvalue weighted by Gasteiger charge is -2.45. The van der Waals surface area contributed by atoms with Crippen LogP contribution in [0.1, 0.15) is 31.2 Å². The van der Waals surface area contributed by atoms with Crippen molar-refractivity contribution in [2.75, 3.05) is 46.3 Å². The number of likely N-dealkylation sites (N-methyl/N-ethyl adjacent to an activating group) is 1. The average Bonchev–Trinajstić information content (AvgIpc) is 3.29. The predicted molar refractivity (Wildman–Crippen MR) is 109 cm³/mol. The second kappa shape index (κ2) is 8.05. The van der Waals surface area contributed by atoms with Crippen molar-refractivity contribution >= 4 is 17.8 Å². The molecular weight excluding hydrogens is 368 g/mol. The van der Waals surface area contributed by atoms with Gasteiger partial charge in [-0.25, -0.2) is 4.79 Å². The Balaban J connectivity index is 1.44. The highest BCUT2D eigenvalue weighted by Gasteiger charge is 2.52. The highest BCUT2D eigenvalue weighted by Crippen LogP contribution is 2.38. The van der Waals surface area contributed by atoms with Crippen LogP contribution in [-0.2, 0) is 16.0 Å². The van der Waals surface area contributed by atoms with Crippen LogP contribution in [0.3, 0.4) is 0 Å². The largest absolute Gasteiger partial charge is 0.340 e. The molecule has 156 valence electrons. The molecule has 7 nitrogen and oxygen atoms in total.